The molecular formula is C16H23NO3. The highest BCUT2D eigenvalue weighted by Crippen LogP contribution is 2.12. The molecule has 0 saturated heterocycles. The molecule has 0 aliphatic rings. The van der Waals surface area contributed by atoms with Gasteiger partial charge in [0.05, 0.1) is 7.11 Å². The minimum atomic E-state index is -0.114. The first kappa shape index (κ1) is 16.2. The molecule has 0 bridgehead atoms. The second-order valence-corrected chi connectivity index (χ2v) is 4.64. The molecule has 0 spiro atoms. The van der Waals surface area contributed by atoms with Gasteiger partial charge in [-0.2, -0.15) is 0 Å². The van der Waals surface area contributed by atoms with Crippen LogP contribution in [-0.2, 0) is 4.79 Å². The zero-order valence-corrected chi connectivity index (χ0v) is 12.1. The standard InChI is InChI=1S/C16H23NO3/c1-3-13(10-11-18)12-17-16(19)9-6-14-4-7-15(20-2)8-5-14/h4-9,13,18H,3,10-12H2,1-2H3,(H,17,19)/b9-6+. The number of methoxy groups -OCH3 is 1. The van der Waals surface area contributed by atoms with Crippen molar-refractivity contribution in [2.75, 3.05) is 20.3 Å². The summed E-state index contributed by atoms with van der Waals surface area (Å²) in [6.45, 7) is 2.82. The molecule has 1 rings (SSSR count). The summed E-state index contributed by atoms with van der Waals surface area (Å²) >= 11 is 0. The number of hydrogen-bond donors (Lipinski definition) is 2. The zero-order valence-electron chi connectivity index (χ0n) is 12.1. The first-order chi connectivity index (χ1) is 9.69. The molecule has 20 heavy (non-hydrogen) atoms. The summed E-state index contributed by atoms with van der Waals surface area (Å²) in [7, 11) is 1.62. The quantitative estimate of drug-likeness (QED) is 0.716. The van der Waals surface area contributed by atoms with Crippen molar-refractivity contribution in [1.29, 1.82) is 0 Å². The van der Waals surface area contributed by atoms with Gasteiger partial charge in [0.15, 0.2) is 0 Å². The fourth-order valence-corrected chi connectivity index (χ4v) is 1.82. The molecule has 0 aliphatic heterocycles. The summed E-state index contributed by atoms with van der Waals surface area (Å²) in [6.07, 6.45) is 4.96. The third-order valence-electron chi connectivity index (χ3n) is 3.22. The summed E-state index contributed by atoms with van der Waals surface area (Å²) in [5.41, 5.74) is 0.948. The number of nitrogens with one attached hydrogen (secondary N) is 1. The number of aliphatic hydroxyl groups excluding tert-OH is 1. The maximum Gasteiger partial charge on any atom is 0.244 e. The molecule has 4 nitrogen and oxygen atoms in total. The van der Waals surface area contributed by atoms with Crippen LogP contribution < -0.4 is 10.1 Å². The molecule has 0 aromatic heterocycles. The van der Waals surface area contributed by atoms with E-state index in [0.29, 0.717) is 12.5 Å². The fraction of sp³-hybridized carbons (Fsp3) is 0.438. The Morgan fingerprint density at radius 3 is 2.65 bits per heavy atom. The van der Waals surface area contributed by atoms with Crippen LogP contribution in [0.25, 0.3) is 6.08 Å². The highest BCUT2D eigenvalue weighted by molar-refractivity contribution is 5.91. The second-order valence-electron chi connectivity index (χ2n) is 4.64. The third kappa shape index (κ3) is 5.89. The van der Waals surface area contributed by atoms with E-state index in [1.807, 2.05) is 24.3 Å². The minimum Gasteiger partial charge on any atom is -0.497 e. The van der Waals surface area contributed by atoms with Gasteiger partial charge in [-0.3, -0.25) is 4.79 Å². The SMILES string of the molecule is CCC(CCO)CNC(=O)/C=C/c1ccc(OC)cc1. The van der Waals surface area contributed by atoms with Gasteiger partial charge in [-0.1, -0.05) is 25.5 Å². The molecule has 0 heterocycles. The highest BCUT2D eigenvalue weighted by atomic mass is 16.5. The van der Waals surface area contributed by atoms with Gasteiger partial charge in [-0.05, 0) is 36.1 Å². The molecular weight excluding hydrogens is 254 g/mol. The molecule has 4 heteroatoms. The minimum absolute atomic E-state index is 0.114. The molecule has 0 fully saturated rings. The van der Waals surface area contributed by atoms with E-state index in [0.717, 1.165) is 24.2 Å². The monoisotopic (exact) mass is 277 g/mol. The van der Waals surface area contributed by atoms with Gasteiger partial charge in [0.2, 0.25) is 5.91 Å². The predicted molar refractivity (Wildman–Crippen MR) is 80.5 cm³/mol. The molecule has 1 aromatic carbocycles. The van der Waals surface area contributed by atoms with E-state index in [-0.39, 0.29) is 12.5 Å². The summed E-state index contributed by atoms with van der Waals surface area (Å²) in [4.78, 5) is 11.7. The summed E-state index contributed by atoms with van der Waals surface area (Å²) in [5.74, 6) is 1.01. The lowest BCUT2D eigenvalue weighted by Gasteiger charge is -2.13. The maximum atomic E-state index is 11.7. The lowest BCUT2D eigenvalue weighted by atomic mass is 10.0. The van der Waals surface area contributed by atoms with Gasteiger partial charge in [-0.25, -0.2) is 0 Å². The van der Waals surface area contributed by atoms with E-state index >= 15 is 0 Å². The van der Waals surface area contributed by atoms with Gasteiger partial charge >= 0.3 is 0 Å². The molecule has 1 aromatic rings. The van der Waals surface area contributed by atoms with Crippen LogP contribution in [0.2, 0.25) is 0 Å². The highest BCUT2D eigenvalue weighted by Gasteiger charge is 2.06. The van der Waals surface area contributed by atoms with Crippen LogP contribution in [0, 0.1) is 5.92 Å². The molecule has 110 valence electrons. The Hall–Kier alpha value is -1.81. The van der Waals surface area contributed by atoms with Crippen molar-refractivity contribution in [3.8, 4) is 5.75 Å². The van der Waals surface area contributed by atoms with Gasteiger partial charge < -0.3 is 15.2 Å². The van der Waals surface area contributed by atoms with Crippen LogP contribution in [-0.4, -0.2) is 31.3 Å². The Morgan fingerprint density at radius 1 is 1.40 bits per heavy atom. The van der Waals surface area contributed by atoms with Crippen molar-refractivity contribution in [3.63, 3.8) is 0 Å². The molecule has 2 N–H and O–H groups in total. The van der Waals surface area contributed by atoms with Gasteiger partial charge in [0, 0.05) is 19.2 Å². The number of rotatable bonds is 8. The predicted octanol–water partition coefficient (Wildman–Crippen LogP) is 2.23. The number of aliphatic hydroxyl groups is 1. The Morgan fingerprint density at radius 2 is 2.10 bits per heavy atom. The number of carbonyl (C=O) groups is 1. The van der Waals surface area contributed by atoms with E-state index in [1.165, 1.54) is 6.08 Å². The molecule has 0 radical (unpaired) electrons. The molecule has 1 amide bonds. The fourth-order valence-electron chi connectivity index (χ4n) is 1.82. The number of amides is 1. The third-order valence-corrected chi connectivity index (χ3v) is 3.22. The Balaban J connectivity index is 2.42. The van der Waals surface area contributed by atoms with Crippen molar-refractivity contribution in [2.45, 2.75) is 19.8 Å². The van der Waals surface area contributed by atoms with Crippen molar-refractivity contribution in [1.82, 2.24) is 5.32 Å². The average molecular weight is 277 g/mol. The van der Waals surface area contributed by atoms with Crippen molar-refractivity contribution >= 4 is 12.0 Å². The topological polar surface area (TPSA) is 58.6 Å². The van der Waals surface area contributed by atoms with Gasteiger partial charge in [-0.15, -0.1) is 0 Å². The van der Waals surface area contributed by atoms with Crippen LogP contribution in [0.15, 0.2) is 30.3 Å². The van der Waals surface area contributed by atoms with E-state index < -0.39 is 0 Å². The van der Waals surface area contributed by atoms with Gasteiger partial charge in [0.1, 0.15) is 5.75 Å². The van der Waals surface area contributed by atoms with E-state index in [4.69, 9.17) is 9.84 Å². The summed E-state index contributed by atoms with van der Waals surface area (Å²) < 4.78 is 5.07. The molecule has 0 aliphatic carbocycles. The number of benzene rings is 1. The van der Waals surface area contributed by atoms with Crippen LogP contribution in [0.1, 0.15) is 25.3 Å². The van der Waals surface area contributed by atoms with E-state index in [9.17, 15) is 4.79 Å². The average Bonchev–Trinajstić information content (AvgIpc) is 2.49. The van der Waals surface area contributed by atoms with Crippen molar-refractivity contribution in [2.24, 2.45) is 5.92 Å². The summed E-state index contributed by atoms with van der Waals surface area (Å²) in [6, 6.07) is 7.49. The first-order valence-electron chi connectivity index (χ1n) is 6.90. The molecule has 0 saturated carbocycles. The molecule has 1 atom stereocenters. The molecule has 1 unspecified atom stereocenters. The first-order valence-corrected chi connectivity index (χ1v) is 6.90. The van der Waals surface area contributed by atoms with Crippen molar-refractivity contribution in [3.05, 3.63) is 35.9 Å². The Bertz CT molecular complexity index is 426. The second kappa shape index (κ2) is 9.15. The number of ether oxygens (including phenoxy) is 1. The smallest absolute Gasteiger partial charge is 0.244 e. The zero-order chi connectivity index (χ0) is 14.8. The number of carbonyl (C=O) groups excluding carboxylic acids is 1. The normalized spacial score (nSPS) is 12.3. The lowest BCUT2D eigenvalue weighted by molar-refractivity contribution is -0.116. The largest absolute Gasteiger partial charge is 0.497 e. The van der Waals surface area contributed by atoms with E-state index in [2.05, 4.69) is 12.2 Å². The Labute approximate surface area is 120 Å². The maximum absolute atomic E-state index is 11.7. The van der Waals surface area contributed by atoms with Crippen LogP contribution in [0.4, 0.5) is 0 Å². The van der Waals surface area contributed by atoms with Crippen LogP contribution in [0.3, 0.4) is 0 Å². The number of hydrogen-bond acceptors (Lipinski definition) is 3. The van der Waals surface area contributed by atoms with Crippen molar-refractivity contribution < 1.29 is 14.6 Å². The van der Waals surface area contributed by atoms with Crippen LogP contribution >= 0.6 is 0 Å². The Kier molecular flexibility index (Phi) is 7.43. The van der Waals surface area contributed by atoms with E-state index in [1.54, 1.807) is 13.2 Å². The lowest BCUT2D eigenvalue weighted by Crippen LogP contribution is -2.28. The summed E-state index contributed by atoms with van der Waals surface area (Å²) in [5, 5.41) is 11.7. The van der Waals surface area contributed by atoms with Crippen LogP contribution in [0.5, 0.6) is 5.75 Å². The van der Waals surface area contributed by atoms with Gasteiger partial charge in [0.25, 0.3) is 0 Å².